The number of phenolic OH excluding ortho intramolecular Hbond substituents is 1. The van der Waals surface area contributed by atoms with E-state index in [1.807, 2.05) is 25.1 Å². The molecule has 0 amide bonds. The highest BCUT2D eigenvalue weighted by atomic mass is 16.3. The third-order valence-electron chi connectivity index (χ3n) is 3.19. The summed E-state index contributed by atoms with van der Waals surface area (Å²) in [6, 6.07) is 7.83. The van der Waals surface area contributed by atoms with Gasteiger partial charge in [-0.3, -0.25) is 0 Å². The van der Waals surface area contributed by atoms with Crippen LogP contribution in [0.4, 0.5) is 0 Å². The van der Waals surface area contributed by atoms with Gasteiger partial charge in [0.25, 0.3) is 0 Å². The smallest absolute Gasteiger partial charge is 0.124 e. The average Bonchev–Trinajstić information content (AvgIpc) is 2.68. The summed E-state index contributed by atoms with van der Waals surface area (Å²) in [4.78, 5) is 0. The molecule has 0 radical (unpaired) electrons. The Hall–Kier alpha value is -1.48. The molecule has 0 saturated heterocycles. The fourth-order valence-electron chi connectivity index (χ4n) is 2.31. The minimum absolute atomic E-state index is 0.0733. The van der Waals surface area contributed by atoms with Crippen molar-refractivity contribution in [1.29, 1.82) is 0 Å². The van der Waals surface area contributed by atoms with Crippen molar-refractivity contribution in [2.24, 2.45) is 0 Å². The number of aliphatic hydroxyl groups is 1. The normalized spacial score (nSPS) is 13.5. The summed E-state index contributed by atoms with van der Waals surface area (Å²) in [5.41, 5.74) is 2.09. The van der Waals surface area contributed by atoms with E-state index < -0.39 is 0 Å². The Kier molecular flexibility index (Phi) is 3.11. The Morgan fingerprint density at radius 2 is 1.94 bits per heavy atom. The van der Waals surface area contributed by atoms with Gasteiger partial charge >= 0.3 is 0 Å². The summed E-state index contributed by atoms with van der Waals surface area (Å²) < 4.78 is 2.18. The van der Waals surface area contributed by atoms with Crippen molar-refractivity contribution in [1.82, 2.24) is 4.57 Å². The number of phenols is 1. The van der Waals surface area contributed by atoms with Crippen LogP contribution in [-0.4, -0.2) is 21.4 Å². The lowest BCUT2D eigenvalue weighted by molar-refractivity contribution is 0.268. The second kappa shape index (κ2) is 4.41. The number of aliphatic hydroxyl groups excluding tert-OH is 1. The molecular formula is C14H19NO2. The van der Waals surface area contributed by atoms with E-state index in [0.717, 1.165) is 16.6 Å². The minimum Gasteiger partial charge on any atom is -0.507 e. The summed E-state index contributed by atoms with van der Waals surface area (Å²) in [6.07, 6.45) is 0. The van der Waals surface area contributed by atoms with Crippen molar-refractivity contribution in [2.45, 2.75) is 32.7 Å². The quantitative estimate of drug-likeness (QED) is 0.856. The predicted molar refractivity (Wildman–Crippen MR) is 69.5 cm³/mol. The molecule has 1 aromatic heterocycles. The van der Waals surface area contributed by atoms with Gasteiger partial charge in [-0.2, -0.15) is 0 Å². The molecule has 2 rings (SSSR count). The lowest BCUT2D eigenvalue weighted by Crippen LogP contribution is -2.10. The lowest BCUT2D eigenvalue weighted by atomic mass is 10.1. The van der Waals surface area contributed by atoms with E-state index in [2.05, 4.69) is 18.4 Å². The van der Waals surface area contributed by atoms with Crippen LogP contribution in [0.3, 0.4) is 0 Å². The number of fused-ring (bicyclic) bond motifs is 1. The number of hydrogen-bond acceptors (Lipinski definition) is 2. The first-order chi connectivity index (χ1) is 8.06. The van der Waals surface area contributed by atoms with Gasteiger partial charge in [0, 0.05) is 23.0 Å². The van der Waals surface area contributed by atoms with Crippen LogP contribution < -0.4 is 0 Å². The van der Waals surface area contributed by atoms with Gasteiger partial charge in [0.2, 0.25) is 0 Å². The fourth-order valence-corrected chi connectivity index (χ4v) is 2.31. The monoisotopic (exact) mass is 233 g/mol. The standard InChI is InChI=1S/C14H19NO2/c1-9(2)15-12-5-4-6-14(17)11(12)7-13(15)10(3)8-16/h4-7,9-10,16-17H,8H2,1-3H3. The van der Waals surface area contributed by atoms with Gasteiger partial charge in [0.15, 0.2) is 0 Å². The first-order valence-corrected chi connectivity index (χ1v) is 6.00. The molecule has 0 spiro atoms. The van der Waals surface area contributed by atoms with Gasteiger partial charge in [-0.15, -0.1) is 0 Å². The van der Waals surface area contributed by atoms with Crippen molar-refractivity contribution in [2.75, 3.05) is 6.61 Å². The second-order valence-corrected chi connectivity index (χ2v) is 4.83. The summed E-state index contributed by atoms with van der Waals surface area (Å²) in [7, 11) is 0. The van der Waals surface area contributed by atoms with Crippen LogP contribution in [0.25, 0.3) is 10.9 Å². The Labute approximate surface area is 101 Å². The molecule has 1 heterocycles. The molecule has 0 saturated carbocycles. The Bertz CT molecular complexity index is 528. The zero-order valence-electron chi connectivity index (χ0n) is 10.5. The molecule has 1 unspecified atom stereocenters. The van der Waals surface area contributed by atoms with Crippen LogP contribution in [0.5, 0.6) is 5.75 Å². The molecule has 92 valence electrons. The van der Waals surface area contributed by atoms with Crippen LogP contribution >= 0.6 is 0 Å². The molecule has 0 fully saturated rings. The highest BCUT2D eigenvalue weighted by Gasteiger charge is 2.17. The third kappa shape index (κ3) is 1.91. The molecular weight excluding hydrogens is 214 g/mol. The maximum absolute atomic E-state index is 9.87. The highest BCUT2D eigenvalue weighted by Crippen LogP contribution is 2.33. The first-order valence-electron chi connectivity index (χ1n) is 6.00. The predicted octanol–water partition coefficient (Wildman–Crippen LogP) is 3.02. The van der Waals surface area contributed by atoms with E-state index in [0.29, 0.717) is 11.8 Å². The Morgan fingerprint density at radius 1 is 1.24 bits per heavy atom. The van der Waals surface area contributed by atoms with E-state index >= 15 is 0 Å². The number of hydrogen-bond donors (Lipinski definition) is 2. The summed E-state index contributed by atoms with van der Waals surface area (Å²) in [6.45, 7) is 6.32. The highest BCUT2D eigenvalue weighted by molar-refractivity contribution is 5.87. The van der Waals surface area contributed by atoms with Gasteiger partial charge in [-0.05, 0) is 32.0 Å². The van der Waals surface area contributed by atoms with Gasteiger partial charge in [-0.1, -0.05) is 13.0 Å². The van der Waals surface area contributed by atoms with Crippen molar-refractivity contribution < 1.29 is 10.2 Å². The van der Waals surface area contributed by atoms with Crippen LogP contribution in [0.15, 0.2) is 24.3 Å². The molecule has 0 aliphatic heterocycles. The molecule has 0 aliphatic rings. The number of nitrogens with zero attached hydrogens (tertiary/aromatic N) is 1. The van der Waals surface area contributed by atoms with Gasteiger partial charge in [0.1, 0.15) is 5.75 Å². The topological polar surface area (TPSA) is 45.4 Å². The van der Waals surface area contributed by atoms with Crippen molar-refractivity contribution in [3.8, 4) is 5.75 Å². The zero-order chi connectivity index (χ0) is 12.6. The molecule has 0 bridgehead atoms. The number of aromatic nitrogens is 1. The molecule has 0 aliphatic carbocycles. The second-order valence-electron chi connectivity index (χ2n) is 4.83. The van der Waals surface area contributed by atoms with E-state index in [4.69, 9.17) is 0 Å². The van der Waals surface area contributed by atoms with Crippen LogP contribution in [0, 0.1) is 0 Å². The molecule has 1 aromatic carbocycles. The minimum atomic E-state index is 0.0733. The van der Waals surface area contributed by atoms with Crippen LogP contribution in [0.1, 0.15) is 38.4 Å². The summed E-state index contributed by atoms with van der Waals surface area (Å²) >= 11 is 0. The van der Waals surface area contributed by atoms with Crippen molar-refractivity contribution in [3.63, 3.8) is 0 Å². The first kappa shape index (κ1) is 12.0. The third-order valence-corrected chi connectivity index (χ3v) is 3.19. The SMILES string of the molecule is CC(CO)c1cc2c(O)cccc2n1C(C)C. The Morgan fingerprint density at radius 3 is 2.53 bits per heavy atom. The summed E-state index contributed by atoms with van der Waals surface area (Å²) in [5.74, 6) is 0.373. The zero-order valence-corrected chi connectivity index (χ0v) is 10.5. The van der Waals surface area contributed by atoms with E-state index in [1.54, 1.807) is 6.07 Å². The largest absolute Gasteiger partial charge is 0.507 e. The molecule has 2 aromatic rings. The van der Waals surface area contributed by atoms with E-state index in [-0.39, 0.29) is 12.5 Å². The molecule has 17 heavy (non-hydrogen) atoms. The Balaban J connectivity index is 2.75. The molecule has 1 atom stereocenters. The molecule has 3 nitrogen and oxygen atoms in total. The lowest BCUT2D eigenvalue weighted by Gasteiger charge is -2.17. The van der Waals surface area contributed by atoms with Gasteiger partial charge < -0.3 is 14.8 Å². The van der Waals surface area contributed by atoms with E-state index in [1.165, 1.54) is 0 Å². The summed E-state index contributed by atoms with van der Waals surface area (Å²) in [5, 5.41) is 20.0. The molecule has 3 heteroatoms. The van der Waals surface area contributed by atoms with E-state index in [9.17, 15) is 10.2 Å². The average molecular weight is 233 g/mol. The van der Waals surface area contributed by atoms with Gasteiger partial charge in [-0.25, -0.2) is 0 Å². The van der Waals surface area contributed by atoms with Gasteiger partial charge in [0.05, 0.1) is 12.1 Å². The van der Waals surface area contributed by atoms with Crippen LogP contribution in [0.2, 0.25) is 0 Å². The fraction of sp³-hybridized carbons (Fsp3) is 0.429. The maximum atomic E-state index is 9.87. The number of benzene rings is 1. The molecule has 2 N–H and O–H groups in total. The van der Waals surface area contributed by atoms with Crippen LogP contribution in [-0.2, 0) is 0 Å². The van der Waals surface area contributed by atoms with Crippen molar-refractivity contribution >= 4 is 10.9 Å². The number of aromatic hydroxyl groups is 1. The van der Waals surface area contributed by atoms with Crippen molar-refractivity contribution in [3.05, 3.63) is 30.0 Å². The maximum Gasteiger partial charge on any atom is 0.124 e. The number of rotatable bonds is 3.